The molecule has 1 fully saturated rings. The predicted molar refractivity (Wildman–Crippen MR) is 106 cm³/mol. The van der Waals surface area contributed by atoms with Gasteiger partial charge in [-0.15, -0.1) is 6.58 Å². The van der Waals surface area contributed by atoms with E-state index in [4.69, 9.17) is 0 Å². The van der Waals surface area contributed by atoms with Gasteiger partial charge in [0.05, 0.1) is 0 Å². The zero-order chi connectivity index (χ0) is 19.4. The predicted octanol–water partition coefficient (Wildman–Crippen LogP) is 2.64. The van der Waals surface area contributed by atoms with Crippen LogP contribution in [-0.2, 0) is 27.2 Å². The Bertz CT molecular complexity index is 880. The maximum absolute atomic E-state index is 13.3. The third-order valence-corrected chi connectivity index (χ3v) is 5.05. The number of hydrogen-bond donors (Lipinski definition) is 1. The van der Waals surface area contributed by atoms with Crippen LogP contribution in [0.25, 0.3) is 0 Å². The van der Waals surface area contributed by atoms with Gasteiger partial charge in [-0.1, -0.05) is 64.5 Å². The number of piperazine rings is 1. The summed E-state index contributed by atoms with van der Waals surface area (Å²) in [5.41, 5.74) is 0.551. The second-order valence-electron chi connectivity index (χ2n) is 6.51. The molecule has 0 spiro atoms. The lowest BCUT2D eigenvalue weighted by molar-refractivity contribution is -0.161. The van der Waals surface area contributed by atoms with Gasteiger partial charge in [0.15, 0.2) is 0 Å². The minimum absolute atomic E-state index is 0.00195. The van der Waals surface area contributed by atoms with Crippen molar-refractivity contribution in [1.29, 1.82) is 0 Å². The zero-order valence-corrected chi connectivity index (χ0v) is 16.2. The number of benzene rings is 2. The van der Waals surface area contributed by atoms with E-state index in [9.17, 15) is 14.4 Å². The molecule has 0 saturated carbocycles. The summed E-state index contributed by atoms with van der Waals surface area (Å²) in [6.45, 7) is 3.59. The van der Waals surface area contributed by atoms with E-state index in [0.717, 1.165) is 20.5 Å². The zero-order valence-electron chi connectivity index (χ0n) is 14.7. The van der Waals surface area contributed by atoms with Gasteiger partial charge in [0.2, 0.25) is 0 Å². The van der Waals surface area contributed by atoms with Gasteiger partial charge in [0.25, 0.3) is 5.91 Å². The number of carbonyl (C=O) groups excluding carboxylic acids is 3. The highest BCUT2D eigenvalue weighted by atomic mass is 79.9. The lowest BCUT2D eigenvalue weighted by Crippen LogP contribution is -2.70. The molecule has 0 aromatic heterocycles. The summed E-state index contributed by atoms with van der Waals surface area (Å²) in [7, 11) is 0. The number of rotatable bonds is 6. The summed E-state index contributed by atoms with van der Waals surface area (Å²) in [4.78, 5) is 38.9. The second kappa shape index (κ2) is 7.88. The molecule has 0 bridgehead atoms. The molecule has 138 valence electrons. The van der Waals surface area contributed by atoms with Gasteiger partial charge in [-0.3, -0.25) is 19.3 Å². The first-order valence-corrected chi connectivity index (χ1v) is 9.32. The van der Waals surface area contributed by atoms with Crippen LogP contribution in [0.1, 0.15) is 11.1 Å². The Morgan fingerprint density at radius 1 is 0.963 bits per heavy atom. The molecule has 1 N–H and O–H groups in total. The minimum atomic E-state index is -1.23. The van der Waals surface area contributed by atoms with E-state index < -0.39 is 23.3 Å². The van der Waals surface area contributed by atoms with E-state index in [0.29, 0.717) is 0 Å². The van der Waals surface area contributed by atoms with Gasteiger partial charge >= 0.3 is 11.8 Å². The molecule has 1 aliphatic rings. The summed E-state index contributed by atoms with van der Waals surface area (Å²) >= 11 is 3.40. The van der Waals surface area contributed by atoms with Crippen molar-refractivity contribution < 1.29 is 14.4 Å². The van der Waals surface area contributed by atoms with Crippen molar-refractivity contribution >= 4 is 33.7 Å². The van der Waals surface area contributed by atoms with E-state index in [-0.39, 0.29) is 19.4 Å². The van der Waals surface area contributed by atoms with Crippen molar-refractivity contribution in [2.75, 3.05) is 6.54 Å². The fraction of sp³-hybridized carbons (Fsp3) is 0.190. The minimum Gasteiger partial charge on any atom is -0.333 e. The first-order chi connectivity index (χ1) is 12.9. The first-order valence-electron chi connectivity index (χ1n) is 8.53. The number of imide groups is 1. The highest BCUT2D eigenvalue weighted by Gasteiger charge is 2.50. The molecule has 2 aromatic rings. The Kier molecular flexibility index (Phi) is 5.56. The Morgan fingerprint density at radius 3 is 2.15 bits per heavy atom. The molecule has 2 aromatic carbocycles. The number of nitrogens with zero attached hydrogens (tertiary/aromatic N) is 1. The largest absolute Gasteiger partial charge is 0.333 e. The molecule has 1 aliphatic heterocycles. The Morgan fingerprint density at radius 2 is 1.56 bits per heavy atom. The van der Waals surface area contributed by atoms with Crippen LogP contribution in [-0.4, -0.2) is 34.7 Å². The molecule has 5 nitrogen and oxygen atoms in total. The molecule has 3 amide bonds. The van der Waals surface area contributed by atoms with Gasteiger partial charge in [0.1, 0.15) is 5.54 Å². The smallest absolute Gasteiger partial charge is 0.318 e. The van der Waals surface area contributed by atoms with Gasteiger partial charge in [-0.05, 0) is 23.3 Å². The van der Waals surface area contributed by atoms with Crippen molar-refractivity contribution in [3.63, 3.8) is 0 Å². The summed E-state index contributed by atoms with van der Waals surface area (Å²) in [6.07, 6.45) is 2.01. The van der Waals surface area contributed by atoms with E-state index in [1.54, 1.807) is 0 Å². The normalized spacial score (nSPS) is 19.7. The maximum Gasteiger partial charge on any atom is 0.318 e. The summed E-state index contributed by atoms with van der Waals surface area (Å²) in [5.74, 6) is -2.04. The number of halogens is 1. The van der Waals surface area contributed by atoms with E-state index >= 15 is 0 Å². The van der Waals surface area contributed by atoms with Crippen molar-refractivity contribution in [2.24, 2.45) is 0 Å². The summed E-state index contributed by atoms with van der Waals surface area (Å²) < 4.78 is 0.922. The van der Waals surface area contributed by atoms with Crippen molar-refractivity contribution in [1.82, 2.24) is 10.2 Å². The average Bonchev–Trinajstić information content (AvgIpc) is 2.66. The van der Waals surface area contributed by atoms with Crippen LogP contribution < -0.4 is 5.32 Å². The fourth-order valence-corrected chi connectivity index (χ4v) is 3.55. The van der Waals surface area contributed by atoms with Gasteiger partial charge in [-0.25, -0.2) is 0 Å². The highest BCUT2D eigenvalue weighted by molar-refractivity contribution is 9.10. The Balaban J connectivity index is 2.03. The summed E-state index contributed by atoms with van der Waals surface area (Å²) in [5, 5.41) is 2.70. The number of carbonyl (C=O) groups is 3. The molecule has 6 heteroatoms. The SMILES string of the molecule is C=CCN1C(=O)C(=O)NC(Cc2ccccc2)(Cc2ccc(Br)cc2)C1=O. The molecule has 3 rings (SSSR count). The van der Waals surface area contributed by atoms with E-state index in [2.05, 4.69) is 27.8 Å². The first kappa shape index (κ1) is 19.0. The lowest BCUT2D eigenvalue weighted by atomic mass is 9.81. The van der Waals surface area contributed by atoms with Gasteiger partial charge in [-0.2, -0.15) is 0 Å². The van der Waals surface area contributed by atoms with Crippen LogP contribution in [0, 0.1) is 0 Å². The second-order valence-corrected chi connectivity index (χ2v) is 7.43. The van der Waals surface area contributed by atoms with E-state index in [1.807, 2.05) is 54.6 Å². The van der Waals surface area contributed by atoms with Crippen LogP contribution >= 0.6 is 15.9 Å². The highest BCUT2D eigenvalue weighted by Crippen LogP contribution is 2.26. The molecule has 27 heavy (non-hydrogen) atoms. The number of amides is 3. The topological polar surface area (TPSA) is 66.5 Å². The molecule has 1 saturated heterocycles. The van der Waals surface area contributed by atoms with E-state index in [1.165, 1.54) is 6.08 Å². The van der Waals surface area contributed by atoms with Gasteiger partial charge < -0.3 is 5.32 Å². The number of nitrogens with one attached hydrogen (secondary N) is 1. The van der Waals surface area contributed by atoms with Crippen molar-refractivity contribution in [3.8, 4) is 0 Å². The fourth-order valence-electron chi connectivity index (χ4n) is 3.29. The van der Waals surface area contributed by atoms with Crippen molar-refractivity contribution in [2.45, 2.75) is 18.4 Å². The maximum atomic E-state index is 13.3. The third-order valence-electron chi connectivity index (χ3n) is 4.53. The average molecular weight is 427 g/mol. The Labute approximate surface area is 166 Å². The molecular weight excluding hydrogens is 408 g/mol. The Hall–Kier alpha value is -2.73. The van der Waals surface area contributed by atoms with Crippen LogP contribution in [0.2, 0.25) is 0 Å². The summed E-state index contributed by atoms with van der Waals surface area (Å²) in [6, 6.07) is 17.0. The van der Waals surface area contributed by atoms with Crippen molar-refractivity contribution in [3.05, 3.63) is 82.9 Å². The standard InChI is InChI=1S/C21H19BrN2O3/c1-2-12-24-19(26)18(25)23-21(20(24)27,13-15-6-4-3-5-7-15)14-16-8-10-17(22)11-9-16/h2-11H,1,12-14H2,(H,23,25). The van der Waals surface area contributed by atoms with Crippen LogP contribution in [0.4, 0.5) is 0 Å². The van der Waals surface area contributed by atoms with Crippen LogP contribution in [0.15, 0.2) is 71.7 Å². The molecule has 1 unspecified atom stereocenters. The molecular formula is C21H19BrN2O3. The molecule has 0 radical (unpaired) electrons. The number of hydrogen-bond acceptors (Lipinski definition) is 3. The van der Waals surface area contributed by atoms with Crippen LogP contribution in [0.5, 0.6) is 0 Å². The lowest BCUT2D eigenvalue weighted by Gasteiger charge is -2.41. The monoisotopic (exact) mass is 426 g/mol. The quantitative estimate of drug-likeness (QED) is 0.438. The molecule has 1 atom stereocenters. The molecule has 1 heterocycles. The van der Waals surface area contributed by atoms with Gasteiger partial charge in [0, 0.05) is 23.9 Å². The van der Waals surface area contributed by atoms with Crippen LogP contribution in [0.3, 0.4) is 0 Å². The third kappa shape index (κ3) is 4.01. The molecule has 0 aliphatic carbocycles.